The SMILES string of the molecule is CCNC(=NCCCOCC1CCOC1)NC1CCN(Cc2ccsc2)CC1. The highest BCUT2D eigenvalue weighted by Gasteiger charge is 2.20. The van der Waals surface area contributed by atoms with Crippen LogP contribution in [0.1, 0.15) is 38.2 Å². The van der Waals surface area contributed by atoms with Gasteiger partial charge in [0.05, 0.1) is 13.2 Å². The number of guanidine groups is 1. The molecule has 6 nitrogen and oxygen atoms in total. The summed E-state index contributed by atoms with van der Waals surface area (Å²) in [6.07, 6.45) is 4.43. The van der Waals surface area contributed by atoms with Crippen LogP contribution >= 0.6 is 11.3 Å². The molecule has 2 N–H and O–H groups in total. The molecule has 28 heavy (non-hydrogen) atoms. The van der Waals surface area contributed by atoms with Gasteiger partial charge < -0.3 is 20.1 Å². The van der Waals surface area contributed by atoms with E-state index >= 15 is 0 Å². The first-order valence-electron chi connectivity index (χ1n) is 10.8. The number of aliphatic imine (C=N–C) groups is 1. The van der Waals surface area contributed by atoms with Crippen molar-refractivity contribution in [3.8, 4) is 0 Å². The van der Waals surface area contributed by atoms with E-state index in [9.17, 15) is 0 Å². The zero-order chi connectivity index (χ0) is 19.4. The van der Waals surface area contributed by atoms with Crippen molar-refractivity contribution in [1.29, 1.82) is 0 Å². The quantitative estimate of drug-likeness (QED) is 0.354. The summed E-state index contributed by atoms with van der Waals surface area (Å²) >= 11 is 1.78. The fourth-order valence-electron chi connectivity index (χ4n) is 3.71. The maximum Gasteiger partial charge on any atom is 0.191 e. The van der Waals surface area contributed by atoms with Gasteiger partial charge in [0.1, 0.15) is 0 Å². The van der Waals surface area contributed by atoms with Crippen LogP contribution in [0.25, 0.3) is 0 Å². The van der Waals surface area contributed by atoms with E-state index in [1.807, 2.05) is 0 Å². The van der Waals surface area contributed by atoms with Crippen LogP contribution in [-0.2, 0) is 16.0 Å². The van der Waals surface area contributed by atoms with Crippen LogP contribution in [-0.4, -0.2) is 69.5 Å². The molecule has 1 aromatic rings. The van der Waals surface area contributed by atoms with Gasteiger partial charge in [-0.3, -0.25) is 9.89 Å². The van der Waals surface area contributed by atoms with Crippen molar-refractivity contribution in [2.45, 2.75) is 45.2 Å². The molecular formula is C21H36N4O2S. The maximum absolute atomic E-state index is 5.77. The Morgan fingerprint density at radius 2 is 2.25 bits per heavy atom. The molecule has 1 unspecified atom stereocenters. The smallest absolute Gasteiger partial charge is 0.191 e. The fraction of sp³-hybridized carbons (Fsp3) is 0.762. The molecule has 3 rings (SSSR count). The predicted octanol–water partition coefficient (Wildman–Crippen LogP) is 2.71. The summed E-state index contributed by atoms with van der Waals surface area (Å²) in [5.41, 5.74) is 1.44. The summed E-state index contributed by atoms with van der Waals surface area (Å²) in [7, 11) is 0. The minimum absolute atomic E-state index is 0.509. The topological polar surface area (TPSA) is 58.1 Å². The zero-order valence-corrected chi connectivity index (χ0v) is 18.0. The zero-order valence-electron chi connectivity index (χ0n) is 17.2. The highest BCUT2D eigenvalue weighted by atomic mass is 32.1. The highest BCUT2D eigenvalue weighted by Crippen LogP contribution is 2.15. The average molecular weight is 409 g/mol. The van der Waals surface area contributed by atoms with E-state index in [0.717, 1.165) is 78.0 Å². The number of ether oxygens (including phenoxy) is 2. The molecule has 2 fully saturated rings. The molecule has 0 aliphatic carbocycles. The molecule has 2 aliphatic heterocycles. The molecule has 0 amide bonds. The fourth-order valence-corrected chi connectivity index (χ4v) is 4.37. The van der Waals surface area contributed by atoms with Crippen LogP contribution in [0.5, 0.6) is 0 Å². The van der Waals surface area contributed by atoms with Gasteiger partial charge in [0.2, 0.25) is 0 Å². The lowest BCUT2D eigenvalue weighted by Gasteiger charge is -2.33. The number of nitrogens with zero attached hydrogens (tertiary/aromatic N) is 2. The van der Waals surface area contributed by atoms with E-state index in [1.54, 1.807) is 11.3 Å². The Bertz CT molecular complexity index is 553. The number of piperidine rings is 1. The molecule has 0 saturated carbocycles. The predicted molar refractivity (Wildman–Crippen MR) is 116 cm³/mol. The highest BCUT2D eigenvalue weighted by molar-refractivity contribution is 7.07. The summed E-state index contributed by atoms with van der Waals surface area (Å²) in [5, 5.41) is 11.4. The first-order valence-corrected chi connectivity index (χ1v) is 11.7. The van der Waals surface area contributed by atoms with Gasteiger partial charge in [0.15, 0.2) is 5.96 Å². The Hall–Kier alpha value is -1.15. The average Bonchev–Trinajstić information content (AvgIpc) is 3.40. The molecule has 2 aliphatic rings. The number of hydrogen-bond donors (Lipinski definition) is 2. The van der Waals surface area contributed by atoms with Crippen molar-refractivity contribution < 1.29 is 9.47 Å². The standard InChI is InChI=1S/C21H36N4O2S/c1-2-22-21(23-8-3-11-26-15-19-6-12-27-16-19)24-20-4-9-25(10-5-20)14-18-7-13-28-17-18/h7,13,17,19-20H,2-6,8-12,14-16H2,1H3,(H2,22,23,24). The van der Waals surface area contributed by atoms with E-state index in [-0.39, 0.29) is 0 Å². The van der Waals surface area contributed by atoms with Crippen molar-refractivity contribution in [1.82, 2.24) is 15.5 Å². The summed E-state index contributed by atoms with van der Waals surface area (Å²) in [4.78, 5) is 7.29. The largest absolute Gasteiger partial charge is 0.381 e. The van der Waals surface area contributed by atoms with Crippen molar-refractivity contribution in [3.63, 3.8) is 0 Å². The van der Waals surface area contributed by atoms with E-state index in [1.165, 1.54) is 18.4 Å². The van der Waals surface area contributed by atoms with Crippen LogP contribution in [0.15, 0.2) is 21.8 Å². The Morgan fingerprint density at radius 3 is 2.96 bits per heavy atom. The molecule has 0 aromatic carbocycles. The number of hydrogen-bond acceptors (Lipinski definition) is 5. The molecule has 3 heterocycles. The van der Waals surface area contributed by atoms with Crippen molar-refractivity contribution in [2.24, 2.45) is 10.9 Å². The third-order valence-corrected chi connectivity index (χ3v) is 6.09. The molecule has 0 radical (unpaired) electrons. The van der Waals surface area contributed by atoms with Crippen molar-refractivity contribution >= 4 is 17.3 Å². The van der Waals surface area contributed by atoms with E-state index in [2.05, 4.69) is 39.3 Å². The molecular weight excluding hydrogens is 372 g/mol. The van der Waals surface area contributed by atoms with Gasteiger partial charge in [-0.1, -0.05) is 0 Å². The monoisotopic (exact) mass is 408 g/mol. The normalized spacial score (nSPS) is 21.9. The summed E-state index contributed by atoms with van der Waals surface area (Å²) in [6, 6.07) is 2.74. The first kappa shape index (κ1) is 21.6. The van der Waals surface area contributed by atoms with E-state index in [0.29, 0.717) is 12.0 Å². The first-order chi connectivity index (χ1) is 13.8. The molecule has 0 spiro atoms. The lowest BCUT2D eigenvalue weighted by atomic mass is 10.0. The van der Waals surface area contributed by atoms with E-state index in [4.69, 9.17) is 14.5 Å². The van der Waals surface area contributed by atoms with Crippen molar-refractivity contribution in [2.75, 3.05) is 52.6 Å². The number of nitrogens with one attached hydrogen (secondary N) is 2. The van der Waals surface area contributed by atoms with Crippen LogP contribution in [0.3, 0.4) is 0 Å². The third kappa shape index (κ3) is 7.70. The van der Waals surface area contributed by atoms with Crippen molar-refractivity contribution in [3.05, 3.63) is 22.4 Å². The van der Waals surface area contributed by atoms with Gasteiger partial charge in [-0.2, -0.15) is 11.3 Å². The second-order valence-electron chi connectivity index (χ2n) is 7.75. The Kier molecular flexibility index (Phi) is 9.56. The minimum Gasteiger partial charge on any atom is -0.381 e. The summed E-state index contributed by atoms with van der Waals surface area (Å²) < 4.78 is 11.1. The second kappa shape index (κ2) is 12.4. The Morgan fingerprint density at radius 1 is 1.36 bits per heavy atom. The second-order valence-corrected chi connectivity index (χ2v) is 8.53. The molecule has 2 saturated heterocycles. The number of rotatable bonds is 10. The molecule has 1 atom stereocenters. The van der Waals surface area contributed by atoms with Gasteiger partial charge >= 0.3 is 0 Å². The Balaban J connectivity index is 1.30. The third-order valence-electron chi connectivity index (χ3n) is 5.35. The molecule has 7 heteroatoms. The van der Waals surface area contributed by atoms with Gasteiger partial charge in [-0.05, 0) is 55.0 Å². The Labute approximate surface area is 173 Å². The molecule has 0 bridgehead atoms. The van der Waals surface area contributed by atoms with Gasteiger partial charge in [-0.15, -0.1) is 0 Å². The summed E-state index contributed by atoms with van der Waals surface area (Å²) in [5.74, 6) is 1.54. The van der Waals surface area contributed by atoms with Crippen LogP contribution < -0.4 is 10.6 Å². The molecule has 158 valence electrons. The number of likely N-dealkylation sites (tertiary alicyclic amines) is 1. The summed E-state index contributed by atoms with van der Waals surface area (Å²) in [6.45, 7) is 10.5. The maximum atomic E-state index is 5.77. The van der Waals surface area contributed by atoms with E-state index < -0.39 is 0 Å². The lowest BCUT2D eigenvalue weighted by Crippen LogP contribution is -2.48. The number of thiophene rings is 1. The van der Waals surface area contributed by atoms with Crippen LogP contribution in [0, 0.1) is 5.92 Å². The van der Waals surface area contributed by atoms with Crippen LogP contribution in [0.4, 0.5) is 0 Å². The molecule has 1 aromatic heterocycles. The van der Waals surface area contributed by atoms with Gasteiger partial charge in [0.25, 0.3) is 0 Å². The van der Waals surface area contributed by atoms with Gasteiger partial charge in [0, 0.05) is 57.9 Å². The minimum atomic E-state index is 0.509. The lowest BCUT2D eigenvalue weighted by molar-refractivity contribution is 0.0893. The van der Waals surface area contributed by atoms with Crippen LogP contribution in [0.2, 0.25) is 0 Å². The van der Waals surface area contributed by atoms with Gasteiger partial charge in [-0.25, -0.2) is 0 Å².